The van der Waals surface area contributed by atoms with E-state index < -0.39 is 10.8 Å². The summed E-state index contributed by atoms with van der Waals surface area (Å²) in [5, 5.41) is 23.0. The van der Waals surface area contributed by atoms with Gasteiger partial charge in [0.05, 0.1) is 4.92 Å². The largest absolute Gasteiger partial charge is 0.457 e. The van der Waals surface area contributed by atoms with E-state index in [4.69, 9.17) is 4.42 Å². The molecule has 0 spiro atoms. The molecular formula is C22H17N3O4. The highest BCUT2D eigenvalue weighted by Crippen LogP contribution is 2.27. The quantitative estimate of drug-likeness (QED) is 0.286. The molecule has 0 aliphatic rings. The Bertz CT molecular complexity index is 1150. The molecule has 0 aliphatic carbocycles. The molecule has 0 saturated carbocycles. The Morgan fingerprint density at radius 2 is 1.79 bits per heavy atom. The van der Waals surface area contributed by atoms with Crippen molar-refractivity contribution in [2.45, 2.75) is 13.8 Å². The highest BCUT2D eigenvalue weighted by molar-refractivity contribution is 6.10. The molecule has 3 aromatic rings. The minimum Gasteiger partial charge on any atom is -0.457 e. The Morgan fingerprint density at radius 1 is 1.10 bits per heavy atom. The fraction of sp³-hybridized carbons (Fsp3) is 0.0909. The van der Waals surface area contributed by atoms with Gasteiger partial charge < -0.3 is 9.73 Å². The van der Waals surface area contributed by atoms with E-state index in [1.54, 1.807) is 31.2 Å². The number of carbonyl (C=O) groups excluding carboxylic acids is 1. The third kappa shape index (κ3) is 4.57. The average molecular weight is 387 g/mol. The Morgan fingerprint density at radius 3 is 2.45 bits per heavy atom. The molecule has 0 radical (unpaired) electrons. The van der Waals surface area contributed by atoms with Gasteiger partial charge in [-0.15, -0.1) is 0 Å². The summed E-state index contributed by atoms with van der Waals surface area (Å²) < 4.78 is 5.70. The predicted molar refractivity (Wildman–Crippen MR) is 109 cm³/mol. The van der Waals surface area contributed by atoms with Gasteiger partial charge >= 0.3 is 0 Å². The smallest absolute Gasteiger partial charge is 0.293 e. The molecule has 1 N–H and O–H groups in total. The van der Waals surface area contributed by atoms with Crippen molar-refractivity contribution in [1.29, 1.82) is 5.26 Å². The van der Waals surface area contributed by atoms with Crippen LogP contribution in [0.25, 0.3) is 17.4 Å². The van der Waals surface area contributed by atoms with Crippen molar-refractivity contribution < 1.29 is 14.1 Å². The highest BCUT2D eigenvalue weighted by atomic mass is 16.6. The van der Waals surface area contributed by atoms with E-state index in [0.717, 1.165) is 11.1 Å². The normalized spacial score (nSPS) is 11.0. The van der Waals surface area contributed by atoms with Crippen LogP contribution in [-0.4, -0.2) is 10.8 Å². The molecule has 0 atom stereocenters. The first-order chi connectivity index (χ1) is 13.9. The van der Waals surface area contributed by atoms with Crippen LogP contribution in [-0.2, 0) is 4.79 Å². The van der Waals surface area contributed by atoms with Crippen LogP contribution in [0.5, 0.6) is 0 Å². The molecule has 1 heterocycles. The number of benzene rings is 2. The number of nitrogens with one attached hydrogen (secondary N) is 1. The first-order valence-electron chi connectivity index (χ1n) is 8.72. The zero-order valence-electron chi connectivity index (χ0n) is 15.8. The number of hydrogen-bond acceptors (Lipinski definition) is 5. The number of carbonyl (C=O) groups is 1. The Kier molecular flexibility index (Phi) is 5.56. The lowest BCUT2D eigenvalue weighted by Crippen LogP contribution is -2.14. The summed E-state index contributed by atoms with van der Waals surface area (Å²) in [6.45, 7) is 3.69. The fourth-order valence-corrected chi connectivity index (χ4v) is 2.68. The lowest BCUT2D eigenvalue weighted by molar-refractivity contribution is -0.384. The molecule has 29 heavy (non-hydrogen) atoms. The number of hydrogen-bond donors (Lipinski definition) is 1. The summed E-state index contributed by atoms with van der Waals surface area (Å²) in [7, 11) is 0. The van der Waals surface area contributed by atoms with Crippen molar-refractivity contribution in [3.8, 4) is 17.4 Å². The van der Waals surface area contributed by atoms with E-state index in [2.05, 4.69) is 5.32 Å². The minimum absolute atomic E-state index is 0.0199. The van der Waals surface area contributed by atoms with Crippen LogP contribution in [0.4, 0.5) is 11.4 Å². The van der Waals surface area contributed by atoms with Crippen LogP contribution < -0.4 is 5.32 Å². The van der Waals surface area contributed by atoms with E-state index in [9.17, 15) is 20.2 Å². The lowest BCUT2D eigenvalue weighted by Gasteiger charge is -2.06. The monoisotopic (exact) mass is 387 g/mol. The van der Waals surface area contributed by atoms with E-state index in [-0.39, 0.29) is 16.9 Å². The standard InChI is InChI=1S/C22H17N3O4/c1-14-3-6-16(7-4-14)21-10-8-18(29-21)12-17(13-23)22(26)24-19-9-5-15(2)11-20(19)25(27)28/h3-12H,1-2H3,(H,24,26)/b17-12+. The summed E-state index contributed by atoms with van der Waals surface area (Å²) in [6.07, 6.45) is 1.30. The summed E-state index contributed by atoms with van der Waals surface area (Å²) >= 11 is 0. The van der Waals surface area contributed by atoms with Gasteiger partial charge in [-0.3, -0.25) is 14.9 Å². The maximum Gasteiger partial charge on any atom is 0.293 e. The van der Waals surface area contributed by atoms with Crippen LogP contribution in [0.3, 0.4) is 0 Å². The van der Waals surface area contributed by atoms with Gasteiger partial charge in [0.15, 0.2) is 0 Å². The molecule has 7 heteroatoms. The maximum absolute atomic E-state index is 12.5. The van der Waals surface area contributed by atoms with E-state index >= 15 is 0 Å². The molecule has 0 fully saturated rings. The molecule has 0 aliphatic heterocycles. The van der Waals surface area contributed by atoms with Crippen LogP contribution in [0.1, 0.15) is 16.9 Å². The van der Waals surface area contributed by atoms with Crippen molar-refractivity contribution in [2.24, 2.45) is 0 Å². The molecule has 3 rings (SSSR count). The van der Waals surface area contributed by atoms with Gasteiger partial charge in [-0.2, -0.15) is 5.26 Å². The van der Waals surface area contributed by atoms with Crippen LogP contribution in [0.2, 0.25) is 0 Å². The predicted octanol–water partition coefficient (Wildman–Crippen LogP) is 5.02. The third-order valence-electron chi connectivity index (χ3n) is 4.21. The van der Waals surface area contributed by atoms with Gasteiger partial charge in [-0.25, -0.2) is 0 Å². The first kappa shape index (κ1) is 19.6. The second-order valence-corrected chi connectivity index (χ2v) is 6.47. The van der Waals surface area contributed by atoms with E-state index in [1.807, 2.05) is 31.2 Å². The maximum atomic E-state index is 12.5. The SMILES string of the molecule is Cc1ccc(-c2ccc(/C=C(\C#N)C(=O)Nc3ccc(C)cc3[N+](=O)[O-])o2)cc1. The number of aryl methyl sites for hydroxylation is 2. The average Bonchev–Trinajstić information content (AvgIpc) is 3.16. The van der Waals surface area contributed by atoms with Crippen LogP contribution >= 0.6 is 0 Å². The second kappa shape index (κ2) is 8.23. The number of furan rings is 1. The molecule has 0 bridgehead atoms. The summed E-state index contributed by atoms with van der Waals surface area (Å²) in [5.74, 6) is 0.168. The van der Waals surface area contributed by atoms with Crippen molar-refractivity contribution >= 4 is 23.4 Å². The number of amides is 1. The Labute approximate surface area is 167 Å². The van der Waals surface area contributed by atoms with Crippen molar-refractivity contribution in [3.63, 3.8) is 0 Å². The topological polar surface area (TPSA) is 109 Å². The van der Waals surface area contributed by atoms with Gasteiger partial charge in [0, 0.05) is 17.7 Å². The van der Waals surface area contributed by atoms with Crippen molar-refractivity contribution in [1.82, 2.24) is 0 Å². The van der Waals surface area contributed by atoms with Gasteiger partial charge in [0.2, 0.25) is 0 Å². The minimum atomic E-state index is -0.757. The molecule has 0 unspecified atom stereocenters. The summed E-state index contributed by atoms with van der Waals surface area (Å²) in [6, 6.07) is 17.4. The number of nitro groups is 1. The molecule has 7 nitrogen and oxygen atoms in total. The second-order valence-electron chi connectivity index (χ2n) is 6.47. The zero-order valence-corrected chi connectivity index (χ0v) is 15.8. The fourth-order valence-electron chi connectivity index (χ4n) is 2.68. The number of nitriles is 1. The molecular weight excluding hydrogens is 370 g/mol. The molecule has 0 saturated heterocycles. The van der Waals surface area contributed by atoms with Gasteiger partial charge in [0.25, 0.3) is 11.6 Å². The molecule has 1 aromatic heterocycles. The summed E-state index contributed by atoms with van der Waals surface area (Å²) in [4.78, 5) is 23.1. The molecule has 2 aromatic carbocycles. The van der Waals surface area contributed by atoms with Crippen LogP contribution in [0, 0.1) is 35.3 Å². The van der Waals surface area contributed by atoms with Gasteiger partial charge in [0.1, 0.15) is 28.9 Å². The third-order valence-corrected chi connectivity index (χ3v) is 4.21. The lowest BCUT2D eigenvalue weighted by atomic mass is 10.1. The number of nitrogens with zero attached hydrogens (tertiary/aromatic N) is 2. The van der Waals surface area contributed by atoms with E-state index in [1.165, 1.54) is 18.2 Å². The Hall–Kier alpha value is -4.18. The van der Waals surface area contributed by atoms with E-state index in [0.29, 0.717) is 17.1 Å². The highest BCUT2D eigenvalue weighted by Gasteiger charge is 2.18. The molecule has 144 valence electrons. The van der Waals surface area contributed by atoms with Crippen LogP contribution in [0.15, 0.2) is 64.6 Å². The van der Waals surface area contributed by atoms with Gasteiger partial charge in [-0.05, 0) is 37.6 Å². The number of rotatable bonds is 5. The summed E-state index contributed by atoms with van der Waals surface area (Å²) in [5.41, 5.74) is 2.22. The van der Waals surface area contributed by atoms with Crippen molar-refractivity contribution in [3.05, 3.63) is 87.2 Å². The number of anilines is 1. The first-order valence-corrected chi connectivity index (χ1v) is 8.72. The Balaban J connectivity index is 1.84. The van der Waals surface area contributed by atoms with Crippen molar-refractivity contribution in [2.75, 3.05) is 5.32 Å². The number of nitro benzene ring substituents is 1. The zero-order chi connectivity index (χ0) is 21.0. The molecule has 1 amide bonds. The van der Waals surface area contributed by atoms with Gasteiger partial charge in [-0.1, -0.05) is 35.9 Å².